The molecular weight excluding hydrogens is 486 g/mol. The van der Waals surface area contributed by atoms with Crippen molar-refractivity contribution in [3.63, 3.8) is 0 Å². The predicted octanol–water partition coefficient (Wildman–Crippen LogP) is 4.25. The van der Waals surface area contributed by atoms with Gasteiger partial charge < -0.3 is 20.1 Å². The molecule has 1 amide bonds. The number of nitrogens with one attached hydrogen (secondary N) is 2. The van der Waals surface area contributed by atoms with Gasteiger partial charge in [-0.15, -0.1) is 0 Å². The molecule has 1 aliphatic rings. The second kappa shape index (κ2) is 10.8. The van der Waals surface area contributed by atoms with Gasteiger partial charge in [-0.1, -0.05) is 12.1 Å². The van der Waals surface area contributed by atoms with Crippen LogP contribution in [0.5, 0.6) is 0 Å². The van der Waals surface area contributed by atoms with Crippen LogP contribution in [-0.2, 0) is 16.0 Å². The third-order valence-corrected chi connectivity index (χ3v) is 4.99. The Hall–Kier alpha value is -4.48. The smallest absolute Gasteiger partial charge is 0.475 e. The molecule has 0 saturated heterocycles. The van der Waals surface area contributed by atoms with Crippen LogP contribution in [0, 0.1) is 0 Å². The lowest BCUT2D eigenvalue weighted by molar-refractivity contribution is -0.192. The number of carbonyl (C=O) groups is 3. The highest BCUT2D eigenvalue weighted by atomic mass is 19.4. The van der Waals surface area contributed by atoms with E-state index < -0.39 is 23.9 Å². The Balaban J connectivity index is 0.000000454. The highest BCUT2D eigenvalue weighted by Gasteiger charge is 2.38. The minimum Gasteiger partial charge on any atom is -0.475 e. The number of aromatic nitrogens is 2. The van der Waals surface area contributed by atoms with E-state index in [2.05, 4.69) is 20.0 Å². The number of carbonyl (C=O) groups excluding carboxylic acids is 2. The van der Waals surface area contributed by atoms with Crippen LogP contribution < -0.4 is 5.32 Å². The minimum atomic E-state index is -5.08. The van der Waals surface area contributed by atoms with Gasteiger partial charge in [-0.25, -0.2) is 14.0 Å². The van der Waals surface area contributed by atoms with E-state index in [0.717, 1.165) is 23.4 Å². The second-order valence-corrected chi connectivity index (χ2v) is 7.42. The summed E-state index contributed by atoms with van der Waals surface area (Å²) in [6.07, 6.45) is -1.48. The van der Waals surface area contributed by atoms with Crippen molar-refractivity contribution in [1.82, 2.24) is 15.3 Å². The fourth-order valence-corrected chi connectivity index (χ4v) is 3.23. The van der Waals surface area contributed by atoms with Gasteiger partial charge in [-0.2, -0.15) is 13.2 Å². The summed E-state index contributed by atoms with van der Waals surface area (Å²) in [5.74, 6) is -3.82. The number of carboxylic acid groups (broad SMARTS) is 1. The van der Waals surface area contributed by atoms with Crippen LogP contribution in [0.2, 0.25) is 0 Å². The summed E-state index contributed by atoms with van der Waals surface area (Å²) < 4.78 is 51.2. The predicted molar refractivity (Wildman–Crippen MR) is 121 cm³/mol. The summed E-state index contributed by atoms with van der Waals surface area (Å²) >= 11 is 0. The molecule has 3 heterocycles. The maximum atomic E-state index is 14.8. The SMILES string of the molecule is COC(=O)c1ccc(/C=C(\F)c2cc(-c3cc4c([nH]3)CCNC4=O)ccn2)cc1.O=C(O)C(F)(F)F. The van der Waals surface area contributed by atoms with Crippen LogP contribution in [0.3, 0.4) is 0 Å². The third kappa shape index (κ3) is 6.34. The van der Waals surface area contributed by atoms with Crippen LogP contribution in [0.4, 0.5) is 17.6 Å². The molecule has 8 nitrogen and oxygen atoms in total. The monoisotopic (exact) mass is 505 g/mol. The lowest BCUT2D eigenvalue weighted by Gasteiger charge is -2.10. The first-order valence-corrected chi connectivity index (χ1v) is 10.3. The number of hydrogen-bond acceptors (Lipinski definition) is 5. The molecule has 0 aliphatic carbocycles. The molecule has 2 aromatic heterocycles. The Morgan fingerprint density at radius 3 is 2.39 bits per heavy atom. The van der Waals surface area contributed by atoms with Crippen LogP contribution in [0.1, 0.15) is 37.7 Å². The van der Waals surface area contributed by atoms with E-state index in [1.807, 2.05) is 0 Å². The number of pyridine rings is 1. The zero-order chi connectivity index (χ0) is 26.5. The molecule has 12 heteroatoms. The maximum Gasteiger partial charge on any atom is 0.490 e. The highest BCUT2D eigenvalue weighted by molar-refractivity contribution is 5.97. The Kier molecular flexibility index (Phi) is 7.87. The number of fused-ring (bicyclic) bond motifs is 1. The molecule has 188 valence electrons. The lowest BCUT2D eigenvalue weighted by atomic mass is 10.1. The minimum absolute atomic E-state index is 0.107. The molecular formula is C24H19F4N3O5. The van der Waals surface area contributed by atoms with Gasteiger partial charge in [-0.05, 0) is 42.0 Å². The van der Waals surface area contributed by atoms with E-state index in [-0.39, 0.29) is 11.6 Å². The summed E-state index contributed by atoms with van der Waals surface area (Å²) in [6.45, 7) is 0.597. The molecule has 3 aromatic rings. The molecule has 4 rings (SSSR count). The number of methoxy groups -OCH3 is 1. The molecule has 0 atom stereocenters. The van der Waals surface area contributed by atoms with Gasteiger partial charge in [0.15, 0.2) is 0 Å². The van der Waals surface area contributed by atoms with E-state index >= 15 is 0 Å². The number of ether oxygens (including phenoxy) is 1. The molecule has 0 unspecified atom stereocenters. The van der Waals surface area contributed by atoms with E-state index in [0.29, 0.717) is 23.2 Å². The Labute approximate surface area is 201 Å². The molecule has 1 aliphatic heterocycles. The van der Waals surface area contributed by atoms with Crippen LogP contribution >= 0.6 is 0 Å². The van der Waals surface area contributed by atoms with Gasteiger partial charge in [0.1, 0.15) is 5.83 Å². The van der Waals surface area contributed by atoms with Gasteiger partial charge >= 0.3 is 18.1 Å². The number of H-pyrrole nitrogens is 1. The fourth-order valence-electron chi connectivity index (χ4n) is 3.23. The number of esters is 1. The van der Waals surface area contributed by atoms with Crippen LogP contribution in [-0.4, -0.2) is 52.8 Å². The maximum absolute atomic E-state index is 14.8. The van der Waals surface area contributed by atoms with E-state index in [9.17, 15) is 27.2 Å². The van der Waals surface area contributed by atoms with Crippen molar-refractivity contribution in [2.45, 2.75) is 12.6 Å². The van der Waals surface area contributed by atoms with Gasteiger partial charge in [0.05, 0.1) is 23.9 Å². The first-order valence-electron chi connectivity index (χ1n) is 10.3. The van der Waals surface area contributed by atoms with E-state index in [1.54, 1.807) is 42.5 Å². The normalized spacial score (nSPS) is 13.1. The summed E-state index contributed by atoms with van der Waals surface area (Å²) in [5, 5.41) is 9.93. The molecule has 36 heavy (non-hydrogen) atoms. The lowest BCUT2D eigenvalue weighted by Crippen LogP contribution is -2.31. The van der Waals surface area contributed by atoms with Gasteiger partial charge in [0.2, 0.25) is 0 Å². The van der Waals surface area contributed by atoms with Crippen molar-refractivity contribution < 1.29 is 41.8 Å². The van der Waals surface area contributed by atoms with Crippen molar-refractivity contribution in [2.75, 3.05) is 13.7 Å². The topological polar surface area (TPSA) is 121 Å². The van der Waals surface area contributed by atoms with E-state index in [1.165, 1.54) is 19.4 Å². The number of rotatable bonds is 4. The number of amides is 1. The number of halogens is 4. The number of aromatic amines is 1. The number of carboxylic acids is 1. The summed E-state index contributed by atoms with van der Waals surface area (Å²) in [5.41, 5.74) is 4.14. The zero-order valence-corrected chi connectivity index (χ0v) is 18.6. The number of benzene rings is 1. The largest absolute Gasteiger partial charge is 0.490 e. The molecule has 0 radical (unpaired) electrons. The van der Waals surface area contributed by atoms with Crippen molar-refractivity contribution >= 4 is 29.7 Å². The third-order valence-electron chi connectivity index (χ3n) is 4.99. The summed E-state index contributed by atoms with van der Waals surface area (Å²) in [4.78, 5) is 39.7. The van der Waals surface area contributed by atoms with Gasteiger partial charge in [-0.3, -0.25) is 9.78 Å². The fraction of sp³-hybridized carbons (Fsp3) is 0.167. The first-order chi connectivity index (χ1) is 17.0. The highest BCUT2D eigenvalue weighted by Crippen LogP contribution is 2.27. The van der Waals surface area contributed by atoms with Crippen molar-refractivity contribution in [3.8, 4) is 11.3 Å². The van der Waals surface area contributed by atoms with Crippen molar-refractivity contribution in [1.29, 1.82) is 0 Å². The Bertz CT molecular complexity index is 1310. The number of aliphatic carboxylic acids is 1. The molecule has 0 fully saturated rings. The molecule has 0 bridgehead atoms. The van der Waals surface area contributed by atoms with Crippen LogP contribution in [0.15, 0.2) is 48.7 Å². The number of nitrogens with zero attached hydrogens (tertiary/aromatic N) is 1. The first kappa shape index (κ1) is 26.1. The second-order valence-electron chi connectivity index (χ2n) is 7.42. The summed E-state index contributed by atoms with van der Waals surface area (Å²) in [7, 11) is 1.31. The molecule has 0 saturated carbocycles. The average Bonchev–Trinajstić information content (AvgIpc) is 3.30. The number of alkyl halides is 3. The molecule has 0 spiro atoms. The summed E-state index contributed by atoms with van der Waals surface area (Å²) in [6, 6.07) is 11.6. The Morgan fingerprint density at radius 1 is 1.14 bits per heavy atom. The van der Waals surface area contributed by atoms with Crippen LogP contribution in [0.25, 0.3) is 23.2 Å². The number of hydrogen-bond donors (Lipinski definition) is 3. The average molecular weight is 505 g/mol. The van der Waals surface area contributed by atoms with Gasteiger partial charge in [0, 0.05) is 36.1 Å². The Morgan fingerprint density at radius 2 is 1.81 bits per heavy atom. The van der Waals surface area contributed by atoms with Crippen molar-refractivity contribution in [2.24, 2.45) is 0 Å². The zero-order valence-electron chi connectivity index (χ0n) is 18.6. The standard InChI is InChI=1S/C22H18FN3O3.C2HF3O2/c1-29-22(28)14-4-2-13(3-5-14)10-17(23)20-11-15(6-8-24-20)19-12-16-18(26-19)7-9-25-21(16)27;3-2(4,5)1(6)7/h2-6,8,10-12,26H,7,9H2,1H3,(H,25,27);(H,6,7)/b17-10-;. The van der Waals surface area contributed by atoms with Gasteiger partial charge in [0.25, 0.3) is 5.91 Å². The molecule has 1 aromatic carbocycles. The van der Waals surface area contributed by atoms with Crippen molar-refractivity contribution in [3.05, 3.63) is 76.7 Å². The molecule has 3 N–H and O–H groups in total. The van der Waals surface area contributed by atoms with E-state index in [4.69, 9.17) is 9.90 Å². The quantitative estimate of drug-likeness (QED) is 0.360.